The number of aryl methyl sites for hydroxylation is 2. The number of hydrogen-bond donors (Lipinski definition) is 3. The van der Waals surface area contributed by atoms with Gasteiger partial charge in [-0.1, -0.05) is 6.07 Å². The van der Waals surface area contributed by atoms with E-state index in [0.29, 0.717) is 45.4 Å². The average molecular weight is 526 g/mol. The molecular weight excluding hydrogens is 503 g/mol. The molecule has 0 fully saturated rings. The number of nitrogens with two attached hydrogens (primary N) is 1. The van der Waals surface area contributed by atoms with Crippen LogP contribution in [0.3, 0.4) is 0 Å². The highest BCUT2D eigenvalue weighted by Crippen LogP contribution is 2.43. The summed E-state index contributed by atoms with van der Waals surface area (Å²) in [6.07, 6.45) is 0.127. The molecule has 3 aromatic heterocycles. The smallest absolute Gasteiger partial charge is 0.378 e. The number of fused-ring (bicyclic) bond motifs is 1. The first-order valence-corrected chi connectivity index (χ1v) is 12.3. The quantitative estimate of drug-likeness (QED) is 0.324. The molecule has 5 rings (SSSR count). The van der Waals surface area contributed by atoms with E-state index in [4.69, 9.17) is 5.73 Å². The Morgan fingerprint density at radius 1 is 1.14 bits per heavy atom. The molecule has 0 aliphatic heterocycles. The minimum atomic E-state index is -4.48. The van der Waals surface area contributed by atoms with Gasteiger partial charge in [-0.2, -0.15) is 13.2 Å². The van der Waals surface area contributed by atoms with Crippen molar-refractivity contribution in [3.8, 4) is 10.6 Å². The summed E-state index contributed by atoms with van der Waals surface area (Å²) in [7, 11) is 0. The predicted molar refractivity (Wildman–Crippen MR) is 134 cm³/mol. The molecule has 1 aromatic carbocycles. The lowest BCUT2D eigenvalue weighted by molar-refractivity contribution is -0.137. The first-order chi connectivity index (χ1) is 17.5. The third-order valence-corrected chi connectivity index (χ3v) is 7.42. The fourth-order valence-corrected chi connectivity index (χ4v) is 5.51. The van der Waals surface area contributed by atoms with Crippen molar-refractivity contribution in [2.45, 2.75) is 38.0 Å². The standard InChI is InChI=1S/C26H22F3N5O2S/c1-14-9-19(33-22(10-14)34-21-12-17(6-8-31-21)26(27,28)29)20-13-32-24(37-20)25(36)7-2-3-15-11-16(23(30)35)4-5-18(15)25/h4-6,8-13,36H,2-3,7H2,1H3,(H2,30,35)(H,31,33,34)/t25-/m1/s1. The van der Waals surface area contributed by atoms with Crippen molar-refractivity contribution >= 4 is 28.9 Å². The first-order valence-electron chi connectivity index (χ1n) is 11.4. The molecule has 0 spiro atoms. The Bertz CT molecular complexity index is 1500. The number of benzene rings is 1. The SMILES string of the molecule is Cc1cc(Nc2cc(C(F)(F)F)ccn2)nc(-c2cnc([C@@]3(O)CCCc4cc(C(N)=O)ccc43)s2)c1. The number of aromatic nitrogens is 3. The van der Waals surface area contributed by atoms with Crippen LogP contribution in [-0.4, -0.2) is 26.0 Å². The Morgan fingerprint density at radius 2 is 1.95 bits per heavy atom. The first kappa shape index (κ1) is 24.8. The van der Waals surface area contributed by atoms with Crippen molar-refractivity contribution in [3.05, 3.63) is 87.7 Å². The number of primary amides is 1. The van der Waals surface area contributed by atoms with E-state index in [1.807, 2.05) is 13.0 Å². The van der Waals surface area contributed by atoms with Gasteiger partial charge in [-0.05, 0) is 79.3 Å². The summed E-state index contributed by atoms with van der Waals surface area (Å²) in [5.41, 5.74) is 6.61. The number of alkyl halides is 3. The number of halogens is 3. The lowest BCUT2D eigenvalue weighted by Crippen LogP contribution is -2.32. The molecule has 190 valence electrons. The van der Waals surface area contributed by atoms with Crippen molar-refractivity contribution in [2.24, 2.45) is 5.73 Å². The lowest BCUT2D eigenvalue weighted by atomic mass is 9.79. The third kappa shape index (κ3) is 4.92. The van der Waals surface area contributed by atoms with Crippen LogP contribution in [-0.2, 0) is 18.2 Å². The minimum absolute atomic E-state index is 0.0207. The van der Waals surface area contributed by atoms with Gasteiger partial charge in [-0.15, -0.1) is 11.3 Å². The second-order valence-corrected chi connectivity index (χ2v) is 9.98. The van der Waals surface area contributed by atoms with Gasteiger partial charge in [0.15, 0.2) is 0 Å². The Labute approximate surface area is 214 Å². The van der Waals surface area contributed by atoms with Gasteiger partial charge in [-0.25, -0.2) is 15.0 Å². The fourth-order valence-electron chi connectivity index (χ4n) is 4.50. The molecule has 7 nitrogen and oxygen atoms in total. The number of anilines is 2. The molecule has 37 heavy (non-hydrogen) atoms. The normalized spacial score (nSPS) is 17.3. The van der Waals surface area contributed by atoms with Crippen LogP contribution in [0.25, 0.3) is 10.6 Å². The molecule has 0 saturated heterocycles. The van der Waals surface area contributed by atoms with Crippen LogP contribution in [0, 0.1) is 6.92 Å². The van der Waals surface area contributed by atoms with Gasteiger partial charge in [0.05, 0.1) is 16.1 Å². The molecule has 0 unspecified atom stereocenters. The number of pyridine rings is 2. The third-order valence-electron chi connectivity index (χ3n) is 6.25. The number of hydrogen-bond acceptors (Lipinski definition) is 7. The Kier molecular flexibility index (Phi) is 6.20. The fraction of sp³-hybridized carbons (Fsp3) is 0.231. The number of thiazole rings is 1. The summed E-state index contributed by atoms with van der Waals surface area (Å²) < 4.78 is 39.2. The summed E-state index contributed by atoms with van der Waals surface area (Å²) >= 11 is 1.29. The van der Waals surface area contributed by atoms with Crippen LogP contribution in [0.2, 0.25) is 0 Å². The maximum absolute atomic E-state index is 13.1. The van der Waals surface area contributed by atoms with Crippen molar-refractivity contribution < 1.29 is 23.1 Å². The molecule has 0 saturated carbocycles. The highest BCUT2D eigenvalue weighted by molar-refractivity contribution is 7.15. The highest BCUT2D eigenvalue weighted by Gasteiger charge is 2.39. The summed E-state index contributed by atoms with van der Waals surface area (Å²) in [5, 5.41) is 15.0. The van der Waals surface area contributed by atoms with Crippen molar-refractivity contribution in [3.63, 3.8) is 0 Å². The van der Waals surface area contributed by atoms with Gasteiger partial charge in [0.2, 0.25) is 5.91 Å². The number of nitrogens with zero attached hydrogens (tertiary/aromatic N) is 3. The highest BCUT2D eigenvalue weighted by atomic mass is 32.1. The van der Waals surface area contributed by atoms with E-state index in [1.54, 1.807) is 30.5 Å². The number of carbonyl (C=O) groups is 1. The Hall–Kier alpha value is -3.83. The van der Waals surface area contributed by atoms with Gasteiger partial charge < -0.3 is 16.2 Å². The van der Waals surface area contributed by atoms with Crippen molar-refractivity contribution in [1.29, 1.82) is 0 Å². The van der Waals surface area contributed by atoms with E-state index in [0.717, 1.165) is 35.9 Å². The average Bonchev–Trinajstić information content (AvgIpc) is 3.35. The number of rotatable bonds is 5. The summed E-state index contributed by atoms with van der Waals surface area (Å²) in [4.78, 5) is 25.3. The Balaban J connectivity index is 1.46. The second-order valence-electron chi connectivity index (χ2n) is 8.95. The van der Waals surface area contributed by atoms with Crippen LogP contribution >= 0.6 is 11.3 Å². The molecular formula is C26H22F3N5O2S. The van der Waals surface area contributed by atoms with Gasteiger partial charge in [0.25, 0.3) is 0 Å². The number of carbonyl (C=O) groups excluding carboxylic acids is 1. The zero-order chi connectivity index (χ0) is 26.4. The largest absolute Gasteiger partial charge is 0.416 e. The van der Waals surface area contributed by atoms with Crippen molar-refractivity contribution in [2.75, 3.05) is 5.32 Å². The molecule has 1 aliphatic rings. The van der Waals surface area contributed by atoms with E-state index in [9.17, 15) is 23.1 Å². The van der Waals surface area contributed by atoms with Crippen LogP contribution in [0.15, 0.2) is 54.9 Å². The summed E-state index contributed by atoms with van der Waals surface area (Å²) in [5.74, 6) is -0.173. The van der Waals surface area contributed by atoms with E-state index >= 15 is 0 Å². The Morgan fingerprint density at radius 3 is 2.70 bits per heavy atom. The van der Waals surface area contributed by atoms with Crippen LogP contribution in [0.4, 0.5) is 24.8 Å². The minimum Gasteiger partial charge on any atom is -0.378 e. The monoisotopic (exact) mass is 525 g/mol. The molecule has 4 aromatic rings. The molecule has 1 amide bonds. The van der Waals surface area contributed by atoms with Crippen LogP contribution in [0.1, 0.15) is 50.5 Å². The van der Waals surface area contributed by atoms with Gasteiger partial charge in [0, 0.05) is 18.0 Å². The molecule has 1 atom stereocenters. The second kappa shape index (κ2) is 9.24. The molecule has 0 radical (unpaired) electrons. The maximum Gasteiger partial charge on any atom is 0.416 e. The molecule has 11 heteroatoms. The van der Waals surface area contributed by atoms with E-state index in [2.05, 4.69) is 20.3 Å². The maximum atomic E-state index is 13.1. The molecule has 0 bridgehead atoms. The van der Waals surface area contributed by atoms with Crippen LogP contribution < -0.4 is 11.1 Å². The van der Waals surface area contributed by atoms with E-state index < -0.39 is 23.2 Å². The number of amides is 1. The van der Waals surface area contributed by atoms with Gasteiger partial charge in [-0.3, -0.25) is 4.79 Å². The molecule has 1 aliphatic carbocycles. The van der Waals surface area contributed by atoms with Crippen LogP contribution in [0.5, 0.6) is 0 Å². The number of nitrogens with one attached hydrogen (secondary N) is 1. The topological polar surface area (TPSA) is 114 Å². The lowest BCUT2D eigenvalue weighted by Gasteiger charge is -2.33. The predicted octanol–water partition coefficient (Wildman–Crippen LogP) is 5.34. The zero-order valence-electron chi connectivity index (χ0n) is 19.6. The van der Waals surface area contributed by atoms with Crippen molar-refractivity contribution in [1.82, 2.24) is 15.0 Å². The summed E-state index contributed by atoms with van der Waals surface area (Å²) in [6, 6.07) is 10.4. The van der Waals surface area contributed by atoms with E-state index in [1.165, 1.54) is 11.3 Å². The van der Waals surface area contributed by atoms with Gasteiger partial charge in [0.1, 0.15) is 22.2 Å². The van der Waals surface area contributed by atoms with Gasteiger partial charge >= 0.3 is 6.18 Å². The molecule has 4 N–H and O–H groups in total. The van der Waals surface area contributed by atoms with E-state index in [-0.39, 0.29) is 5.82 Å². The number of aliphatic hydroxyl groups is 1. The zero-order valence-corrected chi connectivity index (χ0v) is 20.5. The molecule has 3 heterocycles. The summed E-state index contributed by atoms with van der Waals surface area (Å²) in [6.45, 7) is 1.85.